The molecule has 1 atom stereocenters. The van der Waals surface area contributed by atoms with Gasteiger partial charge in [0.25, 0.3) is 0 Å². The molecule has 0 aromatic heterocycles. The molecule has 0 radical (unpaired) electrons. The maximum Gasteiger partial charge on any atom is 0.167 e. The first-order valence-electron chi connectivity index (χ1n) is 11.3. The molecule has 6 heteroatoms. The molecule has 0 amide bonds. The Kier molecular flexibility index (Phi) is 7.51. The highest BCUT2D eigenvalue weighted by Crippen LogP contribution is 2.39. The largest absolute Gasteiger partial charge is 0.508 e. The van der Waals surface area contributed by atoms with E-state index in [1.54, 1.807) is 55.5 Å². The van der Waals surface area contributed by atoms with Crippen LogP contribution in [0.5, 0.6) is 5.75 Å². The minimum absolute atomic E-state index is 0.000400. The quantitative estimate of drug-likeness (QED) is 0.346. The molecule has 0 aliphatic heterocycles. The molecule has 180 valence electrons. The SMILES string of the molecule is CCOCc1ccc(-c2ccc(/C=C/C3=CCC(c4ccc(O)cc4)C(F)=C3F)cc2)c(F)c1F. The highest BCUT2D eigenvalue weighted by molar-refractivity contribution is 5.67. The van der Waals surface area contributed by atoms with Crippen molar-refractivity contribution in [2.24, 2.45) is 0 Å². The number of benzene rings is 3. The summed E-state index contributed by atoms with van der Waals surface area (Å²) in [5.74, 6) is -4.32. The molecule has 0 fully saturated rings. The van der Waals surface area contributed by atoms with Crippen LogP contribution < -0.4 is 0 Å². The van der Waals surface area contributed by atoms with Gasteiger partial charge in [0.05, 0.1) is 6.61 Å². The van der Waals surface area contributed by atoms with Crippen LogP contribution in [0.25, 0.3) is 17.2 Å². The monoisotopic (exact) mass is 480 g/mol. The summed E-state index contributed by atoms with van der Waals surface area (Å²) < 4.78 is 63.5. The van der Waals surface area contributed by atoms with Gasteiger partial charge in [0.1, 0.15) is 11.6 Å². The lowest BCUT2D eigenvalue weighted by molar-refractivity contribution is 0.131. The van der Waals surface area contributed by atoms with E-state index in [1.165, 1.54) is 30.3 Å². The maximum atomic E-state index is 14.7. The van der Waals surface area contributed by atoms with Gasteiger partial charge in [0.15, 0.2) is 17.5 Å². The van der Waals surface area contributed by atoms with Crippen molar-refractivity contribution in [3.8, 4) is 16.9 Å². The number of ether oxygens (including phenoxy) is 1. The highest BCUT2D eigenvalue weighted by Gasteiger charge is 2.26. The Hall–Kier alpha value is -3.64. The average Bonchev–Trinajstić information content (AvgIpc) is 2.87. The zero-order valence-electron chi connectivity index (χ0n) is 19.1. The number of rotatable bonds is 7. The van der Waals surface area contributed by atoms with Crippen LogP contribution in [0.2, 0.25) is 0 Å². The predicted molar refractivity (Wildman–Crippen MR) is 129 cm³/mol. The van der Waals surface area contributed by atoms with E-state index in [2.05, 4.69) is 0 Å². The smallest absolute Gasteiger partial charge is 0.167 e. The Morgan fingerprint density at radius 3 is 2.29 bits per heavy atom. The molecular formula is C29H24F4O2. The fourth-order valence-corrected chi connectivity index (χ4v) is 3.95. The topological polar surface area (TPSA) is 29.5 Å². The van der Waals surface area contributed by atoms with Crippen molar-refractivity contribution in [3.63, 3.8) is 0 Å². The van der Waals surface area contributed by atoms with E-state index in [0.717, 1.165) is 0 Å². The molecular weight excluding hydrogens is 456 g/mol. The molecule has 4 rings (SSSR count). The molecule has 0 saturated carbocycles. The number of phenolic OH excluding ortho intramolecular Hbond substituents is 1. The Labute approximate surface area is 201 Å². The average molecular weight is 481 g/mol. The summed E-state index contributed by atoms with van der Waals surface area (Å²) in [5.41, 5.74) is 2.19. The highest BCUT2D eigenvalue weighted by atomic mass is 19.2. The number of halogens is 4. The molecule has 1 unspecified atom stereocenters. The van der Waals surface area contributed by atoms with Crippen LogP contribution in [0.4, 0.5) is 17.6 Å². The van der Waals surface area contributed by atoms with Gasteiger partial charge in [-0.2, -0.15) is 0 Å². The van der Waals surface area contributed by atoms with E-state index in [4.69, 9.17) is 4.74 Å². The van der Waals surface area contributed by atoms with Crippen LogP contribution in [0.15, 0.2) is 90.0 Å². The van der Waals surface area contributed by atoms with Gasteiger partial charge in [-0.3, -0.25) is 0 Å². The van der Waals surface area contributed by atoms with Crippen LogP contribution in [0.1, 0.15) is 36.0 Å². The second-order valence-corrected chi connectivity index (χ2v) is 8.19. The Morgan fingerprint density at radius 1 is 0.886 bits per heavy atom. The van der Waals surface area contributed by atoms with E-state index in [9.17, 15) is 22.7 Å². The van der Waals surface area contributed by atoms with Gasteiger partial charge in [0, 0.05) is 29.2 Å². The lowest BCUT2D eigenvalue weighted by atomic mass is 9.88. The molecule has 35 heavy (non-hydrogen) atoms. The first-order chi connectivity index (χ1) is 16.9. The van der Waals surface area contributed by atoms with Gasteiger partial charge < -0.3 is 9.84 Å². The van der Waals surface area contributed by atoms with Crippen molar-refractivity contribution in [1.82, 2.24) is 0 Å². The molecule has 3 aromatic rings. The van der Waals surface area contributed by atoms with Crippen molar-refractivity contribution in [3.05, 3.63) is 118 Å². The second-order valence-electron chi connectivity index (χ2n) is 8.19. The standard InChI is InChI=1S/C29H24F4O2/c1-2-35-17-22-12-16-25(29(33)27(22)31)19-6-3-18(4-7-19)5-8-21-11-15-24(28(32)26(21)30)20-9-13-23(34)14-10-20/h3-14,16,24,34H,2,15,17H2,1H3/b8-5+. The summed E-state index contributed by atoms with van der Waals surface area (Å²) in [4.78, 5) is 0. The molecule has 0 heterocycles. The van der Waals surface area contributed by atoms with Crippen LogP contribution in [-0.4, -0.2) is 11.7 Å². The van der Waals surface area contributed by atoms with E-state index < -0.39 is 29.2 Å². The fraction of sp³-hybridized carbons (Fsp3) is 0.172. The first-order valence-corrected chi connectivity index (χ1v) is 11.3. The zero-order chi connectivity index (χ0) is 24.9. The number of phenols is 1. The molecule has 2 nitrogen and oxygen atoms in total. The van der Waals surface area contributed by atoms with E-state index >= 15 is 0 Å². The summed E-state index contributed by atoms with van der Waals surface area (Å²) in [7, 11) is 0. The van der Waals surface area contributed by atoms with Gasteiger partial charge in [0.2, 0.25) is 0 Å². The Bertz CT molecular complexity index is 1290. The summed E-state index contributed by atoms with van der Waals surface area (Å²) in [5, 5.41) is 9.40. The lowest BCUT2D eigenvalue weighted by Crippen LogP contribution is -2.05. The van der Waals surface area contributed by atoms with Gasteiger partial charge >= 0.3 is 0 Å². The molecule has 0 spiro atoms. The molecule has 1 aliphatic carbocycles. The third-order valence-electron chi connectivity index (χ3n) is 5.94. The van der Waals surface area contributed by atoms with Gasteiger partial charge in [-0.15, -0.1) is 0 Å². The summed E-state index contributed by atoms with van der Waals surface area (Å²) in [6, 6.07) is 15.7. The molecule has 0 bridgehead atoms. The van der Waals surface area contributed by atoms with Crippen LogP contribution in [0, 0.1) is 11.6 Å². The third-order valence-corrected chi connectivity index (χ3v) is 5.94. The van der Waals surface area contributed by atoms with Gasteiger partial charge in [-0.1, -0.05) is 66.8 Å². The molecule has 0 saturated heterocycles. The van der Waals surface area contributed by atoms with Crippen molar-refractivity contribution < 1.29 is 27.4 Å². The number of allylic oxidation sites excluding steroid dienone is 5. The van der Waals surface area contributed by atoms with Crippen molar-refractivity contribution in [2.75, 3.05) is 6.61 Å². The van der Waals surface area contributed by atoms with Crippen molar-refractivity contribution in [2.45, 2.75) is 25.9 Å². The normalized spacial score (nSPS) is 16.1. The Morgan fingerprint density at radius 2 is 1.60 bits per heavy atom. The number of aromatic hydroxyl groups is 1. The van der Waals surface area contributed by atoms with Crippen molar-refractivity contribution in [1.29, 1.82) is 0 Å². The van der Waals surface area contributed by atoms with Crippen LogP contribution in [-0.2, 0) is 11.3 Å². The molecule has 1 aliphatic rings. The van der Waals surface area contributed by atoms with Gasteiger partial charge in [-0.25, -0.2) is 17.6 Å². The van der Waals surface area contributed by atoms with Crippen LogP contribution >= 0.6 is 0 Å². The van der Waals surface area contributed by atoms with E-state index in [1.807, 2.05) is 0 Å². The fourth-order valence-electron chi connectivity index (χ4n) is 3.95. The van der Waals surface area contributed by atoms with E-state index in [0.29, 0.717) is 23.3 Å². The minimum Gasteiger partial charge on any atom is -0.508 e. The second kappa shape index (κ2) is 10.7. The predicted octanol–water partition coefficient (Wildman–Crippen LogP) is 8.15. The zero-order valence-corrected chi connectivity index (χ0v) is 19.1. The summed E-state index contributed by atoms with van der Waals surface area (Å²) in [6.07, 6.45) is 5.03. The molecule has 3 aromatic carbocycles. The lowest BCUT2D eigenvalue weighted by Gasteiger charge is -2.19. The number of hydrogen-bond donors (Lipinski definition) is 1. The van der Waals surface area contributed by atoms with Crippen molar-refractivity contribution >= 4 is 6.08 Å². The molecule has 1 N–H and O–H groups in total. The summed E-state index contributed by atoms with van der Waals surface area (Å²) >= 11 is 0. The van der Waals surface area contributed by atoms with Gasteiger partial charge in [-0.05, 0) is 42.2 Å². The third kappa shape index (κ3) is 5.38. The minimum atomic E-state index is -0.941. The number of hydrogen-bond acceptors (Lipinski definition) is 2. The van der Waals surface area contributed by atoms with E-state index in [-0.39, 0.29) is 35.5 Å². The van der Waals surface area contributed by atoms with Crippen LogP contribution in [0.3, 0.4) is 0 Å². The maximum absolute atomic E-state index is 14.7. The summed E-state index contributed by atoms with van der Waals surface area (Å²) in [6.45, 7) is 2.18. The first kappa shape index (κ1) is 24.5. The Balaban J connectivity index is 1.48.